The van der Waals surface area contributed by atoms with Gasteiger partial charge < -0.3 is 14.2 Å². The summed E-state index contributed by atoms with van der Waals surface area (Å²) in [5, 5.41) is 7.99. The Kier molecular flexibility index (Phi) is 6.12. The average Bonchev–Trinajstić information content (AvgIpc) is 2.85. The molecule has 1 aromatic heterocycles. The molecule has 0 N–H and O–H groups in total. The van der Waals surface area contributed by atoms with Gasteiger partial charge in [-0.25, -0.2) is 8.78 Å². The van der Waals surface area contributed by atoms with Gasteiger partial charge in [-0.1, -0.05) is 12.1 Å². The highest BCUT2D eigenvalue weighted by molar-refractivity contribution is 5.81. The van der Waals surface area contributed by atoms with Crippen LogP contribution in [0.15, 0.2) is 60.7 Å². The molecule has 0 radical (unpaired) electrons. The zero-order chi connectivity index (χ0) is 23.5. The van der Waals surface area contributed by atoms with Crippen molar-refractivity contribution in [2.24, 2.45) is 0 Å². The molecule has 0 saturated carbocycles. The zero-order valence-electron chi connectivity index (χ0n) is 17.4. The summed E-state index contributed by atoms with van der Waals surface area (Å²) < 4.78 is 70.7. The normalized spacial score (nSPS) is 10.7. The summed E-state index contributed by atoms with van der Waals surface area (Å²) in [6.45, 7) is 0. The maximum absolute atomic E-state index is 14.1. The van der Waals surface area contributed by atoms with Crippen molar-refractivity contribution in [3.63, 3.8) is 0 Å². The molecule has 4 aromatic rings. The first-order valence-electron chi connectivity index (χ1n) is 9.58. The number of hydrogen-bond donors (Lipinski definition) is 0. The second kappa shape index (κ2) is 9.15. The molecule has 3 aromatic carbocycles. The molecule has 0 saturated heterocycles. The van der Waals surface area contributed by atoms with Crippen molar-refractivity contribution >= 4 is 0 Å². The van der Waals surface area contributed by atoms with Crippen LogP contribution in [-0.4, -0.2) is 24.4 Å². The second-order valence-corrected chi connectivity index (χ2v) is 6.80. The zero-order valence-corrected chi connectivity index (χ0v) is 17.4. The number of methoxy groups -OCH3 is 2. The highest BCUT2D eigenvalue weighted by Crippen LogP contribution is 2.36. The maximum atomic E-state index is 14.1. The fourth-order valence-corrected chi connectivity index (χ4v) is 3.12. The molecule has 0 aliphatic heterocycles. The van der Waals surface area contributed by atoms with Gasteiger partial charge in [0.1, 0.15) is 17.2 Å². The van der Waals surface area contributed by atoms with E-state index in [4.69, 9.17) is 14.2 Å². The van der Waals surface area contributed by atoms with Crippen molar-refractivity contribution in [3.8, 4) is 45.5 Å². The lowest BCUT2D eigenvalue weighted by atomic mass is 10.00. The molecule has 0 spiro atoms. The Morgan fingerprint density at radius 2 is 1.15 bits per heavy atom. The number of nitrogens with zero attached hydrogens (tertiary/aromatic N) is 2. The summed E-state index contributed by atoms with van der Waals surface area (Å²) >= 11 is 0. The number of halogens is 4. The SMILES string of the molecule is COc1ccc(-c2cc(Oc3c(F)c(F)cc(F)c3F)nnc2-c2ccc(OC)cc2)cc1. The van der Waals surface area contributed by atoms with Crippen LogP contribution in [-0.2, 0) is 0 Å². The van der Waals surface area contributed by atoms with E-state index >= 15 is 0 Å². The smallest absolute Gasteiger partial charge is 0.239 e. The predicted octanol–water partition coefficient (Wildman–Crippen LogP) is 6.18. The Balaban J connectivity index is 1.82. The number of rotatable bonds is 6. The third-order valence-corrected chi connectivity index (χ3v) is 4.81. The molecular weight excluding hydrogens is 440 g/mol. The van der Waals surface area contributed by atoms with E-state index < -0.39 is 29.0 Å². The molecule has 4 rings (SSSR count). The van der Waals surface area contributed by atoms with Gasteiger partial charge in [0.15, 0.2) is 11.6 Å². The summed E-state index contributed by atoms with van der Waals surface area (Å²) in [5.41, 5.74) is 2.26. The number of benzene rings is 3. The van der Waals surface area contributed by atoms with Crippen molar-refractivity contribution < 1.29 is 31.8 Å². The summed E-state index contributed by atoms with van der Waals surface area (Å²) in [6, 6.07) is 15.4. The van der Waals surface area contributed by atoms with E-state index in [1.807, 2.05) is 0 Å². The third kappa shape index (κ3) is 4.43. The number of aromatic nitrogens is 2. The van der Waals surface area contributed by atoms with E-state index in [0.29, 0.717) is 33.9 Å². The van der Waals surface area contributed by atoms with E-state index in [-0.39, 0.29) is 11.9 Å². The summed E-state index contributed by atoms with van der Waals surface area (Å²) in [6.07, 6.45) is 0. The highest BCUT2D eigenvalue weighted by atomic mass is 19.2. The summed E-state index contributed by atoms with van der Waals surface area (Å²) in [7, 11) is 3.07. The van der Waals surface area contributed by atoms with E-state index in [2.05, 4.69) is 10.2 Å². The average molecular weight is 456 g/mol. The number of ether oxygens (including phenoxy) is 3. The predicted molar refractivity (Wildman–Crippen MR) is 112 cm³/mol. The minimum Gasteiger partial charge on any atom is -0.497 e. The minimum absolute atomic E-state index is 0.0960. The lowest BCUT2D eigenvalue weighted by Gasteiger charge is -2.13. The summed E-state index contributed by atoms with van der Waals surface area (Å²) in [5.74, 6) is -6.91. The molecule has 0 bridgehead atoms. The standard InChI is InChI=1S/C24H16F4N2O3/c1-31-15-7-3-13(4-8-15)17-11-20(33-24-21(27)18(25)12-19(26)22(24)28)29-30-23(17)14-5-9-16(32-2)10-6-14/h3-12H,1-2H3. The molecule has 0 aliphatic carbocycles. The van der Waals surface area contributed by atoms with Gasteiger partial charge in [-0.15, -0.1) is 10.2 Å². The van der Waals surface area contributed by atoms with Crippen LogP contribution >= 0.6 is 0 Å². The molecule has 0 fully saturated rings. The van der Waals surface area contributed by atoms with Gasteiger partial charge in [0.05, 0.1) is 14.2 Å². The maximum Gasteiger partial charge on any atom is 0.239 e. The van der Waals surface area contributed by atoms with Gasteiger partial charge in [0, 0.05) is 23.3 Å². The van der Waals surface area contributed by atoms with Crippen LogP contribution in [0.2, 0.25) is 0 Å². The van der Waals surface area contributed by atoms with Crippen LogP contribution in [0.1, 0.15) is 0 Å². The van der Waals surface area contributed by atoms with Crippen LogP contribution in [0, 0.1) is 23.3 Å². The quantitative estimate of drug-likeness (QED) is 0.256. The second-order valence-electron chi connectivity index (χ2n) is 6.80. The van der Waals surface area contributed by atoms with Gasteiger partial charge in [-0.05, 0) is 42.0 Å². The fourth-order valence-electron chi connectivity index (χ4n) is 3.12. The Morgan fingerprint density at radius 1 is 0.636 bits per heavy atom. The monoisotopic (exact) mass is 456 g/mol. The largest absolute Gasteiger partial charge is 0.497 e. The van der Waals surface area contributed by atoms with E-state index in [1.165, 1.54) is 20.3 Å². The first kappa shape index (κ1) is 22.1. The fraction of sp³-hybridized carbons (Fsp3) is 0.0833. The molecule has 0 amide bonds. The van der Waals surface area contributed by atoms with Crippen LogP contribution < -0.4 is 14.2 Å². The molecule has 33 heavy (non-hydrogen) atoms. The molecule has 0 atom stereocenters. The molecule has 168 valence electrons. The van der Waals surface area contributed by atoms with Crippen LogP contribution in [0.4, 0.5) is 17.6 Å². The Morgan fingerprint density at radius 3 is 1.67 bits per heavy atom. The van der Waals surface area contributed by atoms with Crippen molar-refractivity contribution in [3.05, 3.63) is 83.9 Å². The first-order chi connectivity index (χ1) is 15.9. The Bertz CT molecular complexity index is 1270. The van der Waals surface area contributed by atoms with E-state index in [9.17, 15) is 17.6 Å². The van der Waals surface area contributed by atoms with E-state index in [1.54, 1.807) is 48.5 Å². The van der Waals surface area contributed by atoms with Gasteiger partial charge in [-0.3, -0.25) is 0 Å². The lowest BCUT2D eigenvalue weighted by molar-refractivity contribution is 0.356. The molecule has 5 nitrogen and oxygen atoms in total. The van der Waals surface area contributed by atoms with Crippen LogP contribution in [0.25, 0.3) is 22.4 Å². The first-order valence-corrected chi connectivity index (χ1v) is 9.58. The minimum atomic E-state index is -1.68. The van der Waals surface area contributed by atoms with Crippen molar-refractivity contribution in [2.45, 2.75) is 0 Å². The van der Waals surface area contributed by atoms with Crippen LogP contribution in [0.5, 0.6) is 23.1 Å². The van der Waals surface area contributed by atoms with Gasteiger partial charge in [0.25, 0.3) is 0 Å². The summed E-state index contributed by atoms with van der Waals surface area (Å²) in [4.78, 5) is 0. The van der Waals surface area contributed by atoms with Crippen LogP contribution in [0.3, 0.4) is 0 Å². The molecule has 1 heterocycles. The number of hydrogen-bond acceptors (Lipinski definition) is 5. The third-order valence-electron chi connectivity index (χ3n) is 4.81. The van der Waals surface area contributed by atoms with Crippen molar-refractivity contribution in [1.82, 2.24) is 10.2 Å². The Hall–Kier alpha value is -4.14. The van der Waals surface area contributed by atoms with Crippen molar-refractivity contribution in [2.75, 3.05) is 14.2 Å². The molecule has 9 heteroatoms. The topological polar surface area (TPSA) is 53.5 Å². The van der Waals surface area contributed by atoms with E-state index in [0.717, 1.165) is 0 Å². The van der Waals surface area contributed by atoms with Gasteiger partial charge in [0.2, 0.25) is 23.3 Å². The molecular formula is C24H16F4N2O3. The Labute approximate surface area is 186 Å². The van der Waals surface area contributed by atoms with Gasteiger partial charge >= 0.3 is 0 Å². The van der Waals surface area contributed by atoms with Crippen molar-refractivity contribution in [1.29, 1.82) is 0 Å². The molecule has 0 aliphatic rings. The van der Waals surface area contributed by atoms with Gasteiger partial charge in [-0.2, -0.15) is 8.78 Å². The lowest BCUT2D eigenvalue weighted by Crippen LogP contribution is -2.02. The highest BCUT2D eigenvalue weighted by Gasteiger charge is 2.23. The molecule has 0 unspecified atom stereocenters.